The van der Waals surface area contributed by atoms with E-state index in [9.17, 15) is 8.42 Å². The molecule has 2 aromatic heterocycles. The van der Waals surface area contributed by atoms with Crippen LogP contribution in [0.25, 0.3) is 0 Å². The van der Waals surface area contributed by atoms with Gasteiger partial charge in [-0.3, -0.25) is 4.72 Å². The Morgan fingerprint density at radius 2 is 2.17 bits per heavy atom. The molecule has 0 spiro atoms. The largest absolute Gasteiger partial charge is 0.389 e. The molecular formula is C9H8N4O2S3. The van der Waals surface area contributed by atoms with Gasteiger partial charge in [-0.05, 0) is 24.3 Å². The van der Waals surface area contributed by atoms with Crippen molar-refractivity contribution in [2.45, 2.75) is 4.21 Å². The maximum Gasteiger partial charge on any atom is 0.272 e. The minimum atomic E-state index is -3.68. The van der Waals surface area contributed by atoms with Gasteiger partial charge >= 0.3 is 0 Å². The number of thiocarbonyl (C=S) groups is 1. The first-order valence-corrected chi connectivity index (χ1v) is 7.40. The number of hydrogen-bond acceptors (Lipinski definition) is 6. The van der Waals surface area contributed by atoms with Crippen molar-refractivity contribution in [2.75, 3.05) is 4.72 Å². The van der Waals surface area contributed by atoms with Crippen molar-refractivity contribution in [3.05, 3.63) is 35.3 Å². The molecule has 0 aliphatic rings. The summed E-state index contributed by atoms with van der Waals surface area (Å²) in [5.41, 5.74) is 5.43. The molecule has 2 rings (SSSR count). The summed E-state index contributed by atoms with van der Waals surface area (Å²) in [5, 5.41) is 7.23. The average Bonchev–Trinajstić information content (AvgIpc) is 2.79. The third-order valence-electron chi connectivity index (χ3n) is 1.90. The van der Waals surface area contributed by atoms with E-state index >= 15 is 0 Å². The summed E-state index contributed by atoms with van der Waals surface area (Å²) in [5.74, 6) is 0.155. The van der Waals surface area contributed by atoms with Crippen LogP contribution in [0.15, 0.2) is 34.7 Å². The smallest absolute Gasteiger partial charge is 0.272 e. The zero-order valence-corrected chi connectivity index (χ0v) is 11.3. The van der Waals surface area contributed by atoms with Gasteiger partial charge in [-0.2, -0.15) is 5.10 Å². The molecule has 0 bridgehead atoms. The van der Waals surface area contributed by atoms with Crippen LogP contribution in [0.4, 0.5) is 5.82 Å². The summed E-state index contributed by atoms with van der Waals surface area (Å²) in [4.78, 5) is 0.713. The zero-order valence-electron chi connectivity index (χ0n) is 8.90. The maximum atomic E-state index is 12.0. The molecule has 0 aromatic carbocycles. The maximum absolute atomic E-state index is 12.0. The predicted octanol–water partition coefficient (Wildman–Crippen LogP) is 0.973. The van der Waals surface area contributed by atoms with E-state index in [1.807, 2.05) is 0 Å². The van der Waals surface area contributed by atoms with Crippen molar-refractivity contribution in [1.82, 2.24) is 10.2 Å². The fourth-order valence-electron chi connectivity index (χ4n) is 1.14. The Balaban J connectivity index is 2.28. The zero-order chi connectivity index (χ0) is 13.2. The molecule has 6 nitrogen and oxygen atoms in total. The second kappa shape index (κ2) is 4.96. The molecule has 0 radical (unpaired) electrons. The normalized spacial score (nSPS) is 11.1. The van der Waals surface area contributed by atoms with E-state index in [2.05, 4.69) is 14.9 Å². The summed E-state index contributed by atoms with van der Waals surface area (Å²) in [6.07, 6.45) is 1.45. The monoisotopic (exact) mass is 300 g/mol. The number of sulfonamides is 1. The molecule has 3 N–H and O–H groups in total. The highest BCUT2D eigenvalue weighted by Crippen LogP contribution is 2.23. The van der Waals surface area contributed by atoms with Gasteiger partial charge in [0.1, 0.15) is 9.20 Å². The molecule has 0 unspecified atom stereocenters. The van der Waals surface area contributed by atoms with Gasteiger partial charge in [0.2, 0.25) is 0 Å². The first-order chi connectivity index (χ1) is 8.49. The Kier molecular flexibility index (Phi) is 3.55. The molecule has 0 atom stereocenters. The van der Waals surface area contributed by atoms with Crippen molar-refractivity contribution >= 4 is 44.4 Å². The van der Waals surface area contributed by atoms with E-state index in [4.69, 9.17) is 18.0 Å². The number of hydrogen-bond donors (Lipinski definition) is 2. The van der Waals surface area contributed by atoms with Gasteiger partial charge in [0, 0.05) is 6.20 Å². The Hall–Kier alpha value is -1.58. The van der Waals surface area contributed by atoms with E-state index in [1.165, 1.54) is 18.3 Å². The van der Waals surface area contributed by atoms with Gasteiger partial charge in [-0.1, -0.05) is 12.2 Å². The summed E-state index contributed by atoms with van der Waals surface area (Å²) in [6, 6.07) is 6.10. The van der Waals surface area contributed by atoms with Gasteiger partial charge in [-0.15, -0.1) is 16.4 Å². The standard InChI is InChI=1S/C9H8N4O2S3/c10-9(16)6-3-4-8(17-6)18(14,15)13-7-2-1-5-11-12-7/h1-5H,(H2,10,16)(H,12,13). The molecular weight excluding hydrogens is 292 g/mol. The predicted molar refractivity (Wildman–Crippen MR) is 73.0 cm³/mol. The van der Waals surface area contributed by atoms with Gasteiger partial charge in [0.15, 0.2) is 5.82 Å². The average molecular weight is 300 g/mol. The van der Waals surface area contributed by atoms with Crippen molar-refractivity contribution < 1.29 is 8.42 Å². The minimum Gasteiger partial charge on any atom is -0.389 e. The topological polar surface area (TPSA) is 98.0 Å². The molecule has 9 heteroatoms. The highest BCUT2D eigenvalue weighted by Gasteiger charge is 2.18. The molecule has 0 amide bonds. The van der Waals surface area contributed by atoms with Crippen molar-refractivity contribution in [3.63, 3.8) is 0 Å². The lowest BCUT2D eigenvalue weighted by molar-refractivity contribution is 0.603. The number of nitrogens with zero attached hydrogens (tertiary/aromatic N) is 2. The van der Waals surface area contributed by atoms with Crippen LogP contribution in [0.1, 0.15) is 4.88 Å². The molecule has 2 heterocycles. The Morgan fingerprint density at radius 1 is 1.39 bits per heavy atom. The lowest BCUT2D eigenvalue weighted by atomic mass is 10.5. The summed E-state index contributed by atoms with van der Waals surface area (Å²) in [6.45, 7) is 0. The van der Waals surface area contributed by atoms with Crippen LogP contribution < -0.4 is 10.5 Å². The van der Waals surface area contributed by atoms with E-state index in [0.717, 1.165) is 11.3 Å². The van der Waals surface area contributed by atoms with Gasteiger partial charge in [-0.25, -0.2) is 8.42 Å². The number of anilines is 1. The highest BCUT2D eigenvalue weighted by molar-refractivity contribution is 7.94. The Bertz CT molecular complexity index is 666. The molecule has 0 aliphatic heterocycles. The van der Waals surface area contributed by atoms with Crippen LogP contribution in [0.2, 0.25) is 0 Å². The molecule has 94 valence electrons. The van der Waals surface area contributed by atoms with Crippen molar-refractivity contribution in [2.24, 2.45) is 5.73 Å². The van der Waals surface area contributed by atoms with Crippen LogP contribution in [0.3, 0.4) is 0 Å². The number of thiophene rings is 1. The van der Waals surface area contributed by atoms with Crippen molar-refractivity contribution in [3.8, 4) is 0 Å². The van der Waals surface area contributed by atoms with E-state index < -0.39 is 10.0 Å². The van der Waals surface area contributed by atoms with E-state index in [-0.39, 0.29) is 15.0 Å². The van der Waals surface area contributed by atoms with Crippen LogP contribution in [-0.4, -0.2) is 23.6 Å². The van der Waals surface area contributed by atoms with Crippen LogP contribution >= 0.6 is 23.6 Å². The van der Waals surface area contributed by atoms with Crippen LogP contribution in [0, 0.1) is 0 Å². The fourth-order valence-corrected chi connectivity index (χ4v) is 3.49. The number of rotatable bonds is 4. The first-order valence-electron chi connectivity index (χ1n) is 4.69. The van der Waals surface area contributed by atoms with Crippen LogP contribution in [-0.2, 0) is 10.0 Å². The lowest BCUT2D eigenvalue weighted by Crippen LogP contribution is -2.12. The number of nitrogens with two attached hydrogens (primary N) is 1. The van der Waals surface area contributed by atoms with Crippen molar-refractivity contribution in [1.29, 1.82) is 0 Å². The lowest BCUT2D eigenvalue weighted by Gasteiger charge is -2.03. The molecule has 0 aliphatic carbocycles. The Labute approximate surface area is 113 Å². The van der Waals surface area contributed by atoms with Crippen LogP contribution in [0.5, 0.6) is 0 Å². The molecule has 0 saturated heterocycles. The van der Waals surface area contributed by atoms with E-state index in [0.29, 0.717) is 4.88 Å². The fraction of sp³-hybridized carbons (Fsp3) is 0. The number of aromatic nitrogens is 2. The molecule has 18 heavy (non-hydrogen) atoms. The second-order valence-corrected chi connectivity index (χ2v) is 6.63. The second-order valence-electron chi connectivity index (χ2n) is 3.20. The van der Waals surface area contributed by atoms with Gasteiger partial charge in [0.25, 0.3) is 10.0 Å². The number of nitrogens with one attached hydrogen (secondary N) is 1. The first kappa shape index (κ1) is 12.9. The Morgan fingerprint density at radius 3 is 2.72 bits per heavy atom. The summed E-state index contributed by atoms with van der Waals surface area (Å²) in [7, 11) is -3.68. The quantitative estimate of drug-likeness (QED) is 0.817. The third-order valence-corrected chi connectivity index (χ3v) is 5.21. The molecule has 0 saturated carbocycles. The summed E-state index contributed by atoms with van der Waals surface area (Å²) >= 11 is 5.78. The minimum absolute atomic E-state index is 0.121. The van der Waals surface area contributed by atoms with Gasteiger partial charge in [0.05, 0.1) is 4.88 Å². The summed E-state index contributed by atoms with van der Waals surface area (Å²) < 4.78 is 26.4. The van der Waals surface area contributed by atoms with Gasteiger partial charge < -0.3 is 5.73 Å². The SMILES string of the molecule is NC(=S)c1ccc(S(=O)(=O)Nc2cccnn2)s1. The third kappa shape index (κ3) is 2.81. The van der Waals surface area contributed by atoms with E-state index in [1.54, 1.807) is 12.1 Å². The highest BCUT2D eigenvalue weighted by atomic mass is 32.2. The molecule has 0 fully saturated rings. The molecule has 2 aromatic rings.